The first-order valence-corrected chi connectivity index (χ1v) is 6.32. The molecule has 3 nitrogen and oxygen atoms in total. The van der Waals surface area contributed by atoms with Gasteiger partial charge in [0.2, 0.25) is 5.91 Å². The van der Waals surface area contributed by atoms with Crippen LogP contribution in [0.3, 0.4) is 0 Å². The fourth-order valence-corrected chi connectivity index (χ4v) is 3.20. The van der Waals surface area contributed by atoms with Crippen molar-refractivity contribution >= 4 is 5.91 Å². The molecule has 2 saturated heterocycles. The van der Waals surface area contributed by atoms with Crippen LogP contribution in [0, 0.1) is 17.8 Å². The molecule has 1 aliphatic carbocycles. The van der Waals surface area contributed by atoms with Gasteiger partial charge in [0.15, 0.2) is 0 Å². The molecule has 0 spiro atoms. The van der Waals surface area contributed by atoms with E-state index < -0.39 is 0 Å². The maximum atomic E-state index is 12.1. The molecule has 3 rings (SSSR count). The molecule has 0 aromatic rings. The number of piperidine rings is 2. The van der Waals surface area contributed by atoms with Gasteiger partial charge in [0.25, 0.3) is 0 Å². The number of fused-ring (bicyclic) bond motifs is 2. The van der Waals surface area contributed by atoms with Gasteiger partial charge < -0.3 is 10.2 Å². The molecule has 2 aliphatic heterocycles. The summed E-state index contributed by atoms with van der Waals surface area (Å²) in [5, 5.41) is 3.47. The van der Waals surface area contributed by atoms with Crippen molar-refractivity contribution < 1.29 is 4.79 Å². The molecule has 0 aromatic heterocycles. The van der Waals surface area contributed by atoms with Crippen LogP contribution < -0.4 is 5.32 Å². The van der Waals surface area contributed by atoms with Crippen molar-refractivity contribution in [2.45, 2.75) is 25.7 Å². The Kier molecular flexibility index (Phi) is 2.43. The lowest BCUT2D eigenvalue weighted by atomic mass is 9.81. The van der Waals surface area contributed by atoms with Crippen LogP contribution in [0.15, 0.2) is 0 Å². The second-order valence-corrected chi connectivity index (χ2v) is 5.50. The van der Waals surface area contributed by atoms with Crippen molar-refractivity contribution in [3.63, 3.8) is 0 Å². The lowest BCUT2D eigenvalue weighted by Gasteiger charge is -2.43. The summed E-state index contributed by atoms with van der Waals surface area (Å²) in [5.74, 6) is 2.29. The molecule has 15 heavy (non-hydrogen) atoms. The molecule has 2 heterocycles. The maximum absolute atomic E-state index is 12.1. The molecule has 2 atom stereocenters. The van der Waals surface area contributed by atoms with Gasteiger partial charge in [-0.3, -0.25) is 4.79 Å². The minimum Gasteiger partial charge on any atom is -0.342 e. The van der Waals surface area contributed by atoms with Gasteiger partial charge in [0, 0.05) is 19.0 Å². The fourth-order valence-electron chi connectivity index (χ4n) is 3.20. The van der Waals surface area contributed by atoms with Gasteiger partial charge in [0.05, 0.1) is 0 Å². The van der Waals surface area contributed by atoms with E-state index in [1.54, 1.807) is 0 Å². The van der Waals surface area contributed by atoms with Gasteiger partial charge in [0.1, 0.15) is 0 Å². The van der Waals surface area contributed by atoms with Crippen LogP contribution in [0.5, 0.6) is 0 Å². The van der Waals surface area contributed by atoms with Crippen molar-refractivity contribution in [1.29, 1.82) is 0 Å². The highest BCUT2D eigenvalue weighted by molar-refractivity contribution is 5.79. The summed E-state index contributed by atoms with van der Waals surface area (Å²) < 4.78 is 0. The largest absolute Gasteiger partial charge is 0.342 e. The highest BCUT2D eigenvalue weighted by atomic mass is 16.2. The van der Waals surface area contributed by atoms with Crippen LogP contribution in [-0.2, 0) is 4.79 Å². The molecule has 1 amide bonds. The summed E-state index contributed by atoms with van der Waals surface area (Å²) in [4.78, 5) is 14.3. The molecule has 2 unspecified atom stereocenters. The van der Waals surface area contributed by atoms with Crippen LogP contribution in [-0.4, -0.2) is 37.0 Å². The van der Waals surface area contributed by atoms with Crippen molar-refractivity contribution in [3.8, 4) is 0 Å². The van der Waals surface area contributed by atoms with E-state index in [2.05, 4.69) is 10.2 Å². The molecule has 1 saturated carbocycles. The van der Waals surface area contributed by atoms with E-state index in [1.807, 2.05) is 0 Å². The zero-order valence-electron chi connectivity index (χ0n) is 9.24. The summed E-state index contributed by atoms with van der Waals surface area (Å²) in [5.41, 5.74) is 0. The van der Waals surface area contributed by atoms with E-state index in [1.165, 1.54) is 12.8 Å². The number of hydrogen-bond donors (Lipinski definition) is 1. The monoisotopic (exact) mass is 208 g/mol. The predicted octanol–water partition coefficient (Wildman–Crippen LogP) is 0.854. The van der Waals surface area contributed by atoms with Gasteiger partial charge in [-0.1, -0.05) is 6.42 Å². The first-order chi connectivity index (χ1) is 7.33. The Balaban J connectivity index is 1.63. The SMILES string of the molecule is O=C(C1CCC1)N1CC2CNCC(C2)C1. The van der Waals surface area contributed by atoms with Gasteiger partial charge >= 0.3 is 0 Å². The number of likely N-dealkylation sites (tertiary alicyclic amines) is 1. The average Bonchev–Trinajstić information content (AvgIpc) is 2.14. The summed E-state index contributed by atoms with van der Waals surface area (Å²) in [6.07, 6.45) is 4.88. The third-order valence-electron chi connectivity index (χ3n) is 4.26. The zero-order chi connectivity index (χ0) is 10.3. The Morgan fingerprint density at radius 1 is 1.13 bits per heavy atom. The molecule has 3 aliphatic rings. The smallest absolute Gasteiger partial charge is 0.225 e. The van der Waals surface area contributed by atoms with Crippen molar-refractivity contribution in [2.75, 3.05) is 26.2 Å². The molecule has 2 bridgehead atoms. The number of amides is 1. The van der Waals surface area contributed by atoms with E-state index in [0.29, 0.717) is 11.8 Å². The Morgan fingerprint density at radius 3 is 2.33 bits per heavy atom. The number of carbonyl (C=O) groups excluding carboxylic acids is 1. The summed E-state index contributed by atoms with van der Waals surface area (Å²) in [6, 6.07) is 0. The zero-order valence-corrected chi connectivity index (χ0v) is 9.24. The van der Waals surface area contributed by atoms with Crippen LogP contribution in [0.4, 0.5) is 0 Å². The number of nitrogens with one attached hydrogen (secondary N) is 1. The lowest BCUT2D eigenvalue weighted by molar-refractivity contribution is -0.141. The van der Waals surface area contributed by atoms with Crippen LogP contribution >= 0.6 is 0 Å². The highest BCUT2D eigenvalue weighted by Gasteiger charge is 2.36. The maximum Gasteiger partial charge on any atom is 0.225 e. The van der Waals surface area contributed by atoms with E-state index in [9.17, 15) is 4.79 Å². The highest BCUT2D eigenvalue weighted by Crippen LogP contribution is 2.31. The van der Waals surface area contributed by atoms with E-state index >= 15 is 0 Å². The topological polar surface area (TPSA) is 32.3 Å². The standard InChI is InChI=1S/C12H20N2O/c15-12(11-2-1-3-11)14-7-9-4-10(8-14)6-13-5-9/h9-11,13H,1-8H2. The van der Waals surface area contributed by atoms with Crippen LogP contribution in [0.25, 0.3) is 0 Å². The molecular formula is C12H20N2O. The van der Waals surface area contributed by atoms with E-state index in [0.717, 1.165) is 50.9 Å². The lowest BCUT2D eigenvalue weighted by Crippen LogP contribution is -2.54. The first kappa shape index (κ1) is 9.64. The summed E-state index contributed by atoms with van der Waals surface area (Å²) in [6.45, 7) is 4.26. The van der Waals surface area contributed by atoms with Gasteiger partial charge in [-0.2, -0.15) is 0 Å². The molecule has 1 N–H and O–H groups in total. The molecule has 3 heteroatoms. The summed E-state index contributed by atoms with van der Waals surface area (Å²) >= 11 is 0. The number of nitrogens with zero attached hydrogens (tertiary/aromatic N) is 1. The second-order valence-electron chi connectivity index (χ2n) is 5.50. The van der Waals surface area contributed by atoms with Crippen LogP contribution in [0.1, 0.15) is 25.7 Å². The van der Waals surface area contributed by atoms with Crippen molar-refractivity contribution in [1.82, 2.24) is 10.2 Å². The third kappa shape index (κ3) is 1.78. The van der Waals surface area contributed by atoms with Crippen molar-refractivity contribution in [2.24, 2.45) is 17.8 Å². The third-order valence-corrected chi connectivity index (χ3v) is 4.26. The Labute approximate surface area is 91.2 Å². The minimum atomic E-state index is 0.386. The summed E-state index contributed by atoms with van der Waals surface area (Å²) in [7, 11) is 0. The van der Waals surface area contributed by atoms with Gasteiger partial charge in [-0.15, -0.1) is 0 Å². The Morgan fingerprint density at radius 2 is 1.80 bits per heavy atom. The van der Waals surface area contributed by atoms with E-state index in [-0.39, 0.29) is 0 Å². The van der Waals surface area contributed by atoms with Gasteiger partial charge in [-0.05, 0) is 44.2 Å². The average molecular weight is 208 g/mol. The number of hydrogen-bond acceptors (Lipinski definition) is 2. The normalized spacial score (nSPS) is 36.1. The molecule has 84 valence electrons. The number of rotatable bonds is 1. The molecule has 0 radical (unpaired) electrons. The van der Waals surface area contributed by atoms with Crippen LogP contribution in [0.2, 0.25) is 0 Å². The first-order valence-electron chi connectivity index (χ1n) is 6.32. The molecule has 3 fully saturated rings. The van der Waals surface area contributed by atoms with Crippen molar-refractivity contribution in [3.05, 3.63) is 0 Å². The fraction of sp³-hybridized carbons (Fsp3) is 0.917. The number of carbonyl (C=O) groups is 1. The predicted molar refractivity (Wildman–Crippen MR) is 58.4 cm³/mol. The Bertz CT molecular complexity index is 250. The quantitative estimate of drug-likeness (QED) is 0.693. The molecule has 0 aromatic carbocycles. The van der Waals surface area contributed by atoms with E-state index in [4.69, 9.17) is 0 Å². The minimum absolute atomic E-state index is 0.386. The second kappa shape index (κ2) is 3.78. The Hall–Kier alpha value is -0.570. The van der Waals surface area contributed by atoms with Gasteiger partial charge in [-0.25, -0.2) is 0 Å². The molecular weight excluding hydrogens is 188 g/mol.